The van der Waals surface area contributed by atoms with Crippen LogP contribution < -0.4 is 5.32 Å². The molecular weight excluding hydrogens is 318 g/mol. The topological polar surface area (TPSA) is 79.2 Å². The van der Waals surface area contributed by atoms with Crippen LogP contribution in [0.1, 0.15) is 35.3 Å². The zero-order chi connectivity index (χ0) is 17.5. The van der Waals surface area contributed by atoms with Gasteiger partial charge in [-0.25, -0.2) is 0 Å². The predicted molar refractivity (Wildman–Crippen MR) is 92.9 cm³/mol. The molecule has 0 saturated carbocycles. The summed E-state index contributed by atoms with van der Waals surface area (Å²) in [6.07, 6.45) is 9.10. The number of carbonyl (C=O) groups excluding carboxylic acids is 1. The van der Waals surface area contributed by atoms with Crippen LogP contribution in [0.25, 0.3) is 0 Å². The summed E-state index contributed by atoms with van der Waals surface area (Å²) < 4.78 is 5.34. The fraction of sp³-hybridized carbons (Fsp3) is 0.556. The molecule has 1 fully saturated rings. The molecule has 25 heavy (non-hydrogen) atoms. The van der Waals surface area contributed by atoms with E-state index in [0.29, 0.717) is 25.1 Å². The lowest BCUT2D eigenvalue weighted by molar-refractivity contribution is 0.0341. The molecule has 0 aliphatic carbocycles. The maximum absolute atomic E-state index is 12.2. The number of pyridine rings is 1. The van der Waals surface area contributed by atoms with Crippen molar-refractivity contribution in [3.8, 4) is 12.3 Å². The molecule has 7 heteroatoms. The van der Waals surface area contributed by atoms with Crippen LogP contribution in [-0.2, 0) is 11.3 Å². The van der Waals surface area contributed by atoms with E-state index >= 15 is 0 Å². The third kappa shape index (κ3) is 5.08. The molecule has 3 heterocycles. The number of hydrogen-bond acceptors (Lipinski definition) is 6. The van der Waals surface area contributed by atoms with E-state index in [2.05, 4.69) is 31.3 Å². The third-order valence-corrected chi connectivity index (χ3v) is 4.43. The van der Waals surface area contributed by atoms with Crippen molar-refractivity contribution < 1.29 is 9.53 Å². The Morgan fingerprint density at radius 2 is 2.12 bits per heavy atom. The smallest absolute Gasteiger partial charge is 0.269 e. The Hall–Kier alpha value is -2.30. The van der Waals surface area contributed by atoms with Gasteiger partial charge < -0.3 is 10.1 Å². The highest BCUT2D eigenvalue weighted by Crippen LogP contribution is 2.35. The van der Waals surface area contributed by atoms with Gasteiger partial charge in [-0.05, 0) is 11.6 Å². The van der Waals surface area contributed by atoms with Gasteiger partial charge in [-0.2, -0.15) is 10.2 Å². The first-order chi connectivity index (χ1) is 12.2. The minimum atomic E-state index is -0.366. The molecule has 1 saturated heterocycles. The Labute approximate surface area is 147 Å². The molecule has 0 unspecified atom stereocenters. The van der Waals surface area contributed by atoms with Crippen LogP contribution in [-0.4, -0.2) is 54.3 Å². The van der Waals surface area contributed by atoms with Crippen molar-refractivity contribution >= 4 is 5.91 Å². The second-order valence-corrected chi connectivity index (χ2v) is 6.33. The van der Waals surface area contributed by atoms with Crippen LogP contribution >= 0.6 is 0 Å². The number of amides is 1. The Bertz CT molecular complexity index is 653. The maximum atomic E-state index is 12.2. The standard InChI is InChI=1S/C18H23N5O2/c1-2-3-6-18(21-22-18)7-8-19-17(24)16-5-4-15(13-20-16)14-23-9-11-25-12-10-23/h1,4-5,13H,3,6-12,14H2,(H,19,24). The lowest BCUT2D eigenvalue weighted by Crippen LogP contribution is -2.35. The number of aromatic nitrogens is 1. The van der Waals surface area contributed by atoms with E-state index in [1.165, 1.54) is 0 Å². The summed E-state index contributed by atoms with van der Waals surface area (Å²) in [5.41, 5.74) is 1.16. The quantitative estimate of drug-likeness (QED) is 0.729. The van der Waals surface area contributed by atoms with Crippen LogP contribution in [0.3, 0.4) is 0 Å². The molecule has 0 aromatic carbocycles. The van der Waals surface area contributed by atoms with Gasteiger partial charge >= 0.3 is 0 Å². The van der Waals surface area contributed by atoms with Crippen molar-refractivity contribution in [1.29, 1.82) is 0 Å². The highest BCUT2D eigenvalue weighted by molar-refractivity contribution is 5.92. The molecule has 132 valence electrons. The normalized spacial score (nSPS) is 18.5. The van der Waals surface area contributed by atoms with Gasteiger partial charge in [0.2, 0.25) is 0 Å². The average molecular weight is 341 g/mol. The first-order valence-corrected chi connectivity index (χ1v) is 8.61. The van der Waals surface area contributed by atoms with E-state index < -0.39 is 0 Å². The molecule has 1 amide bonds. The lowest BCUT2D eigenvalue weighted by atomic mass is 10.0. The van der Waals surface area contributed by atoms with Crippen molar-refractivity contribution in [2.75, 3.05) is 32.8 Å². The van der Waals surface area contributed by atoms with Gasteiger partial charge in [-0.1, -0.05) is 6.07 Å². The van der Waals surface area contributed by atoms with Gasteiger partial charge in [-0.3, -0.25) is 14.7 Å². The fourth-order valence-corrected chi connectivity index (χ4v) is 2.80. The van der Waals surface area contributed by atoms with Crippen LogP contribution in [0, 0.1) is 12.3 Å². The summed E-state index contributed by atoms with van der Waals surface area (Å²) >= 11 is 0. The second kappa shape index (κ2) is 8.19. The van der Waals surface area contributed by atoms with E-state index in [0.717, 1.165) is 44.8 Å². The first-order valence-electron chi connectivity index (χ1n) is 8.61. The lowest BCUT2D eigenvalue weighted by Gasteiger charge is -2.26. The summed E-state index contributed by atoms with van der Waals surface area (Å²) in [5.74, 6) is 2.42. The molecule has 2 aliphatic heterocycles. The van der Waals surface area contributed by atoms with Gasteiger partial charge in [0, 0.05) is 51.6 Å². The van der Waals surface area contributed by atoms with Crippen LogP contribution in [0.15, 0.2) is 28.6 Å². The van der Waals surface area contributed by atoms with Gasteiger partial charge in [0.05, 0.1) is 13.2 Å². The third-order valence-electron chi connectivity index (χ3n) is 4.43. The molecule has 0 bridgehead atoms. The van der Waals surface area contributed by atoms with Gasteiger partial charge in [0.1, 0.15) is 5.69 Å². The Morgan fingerprint density at radius 1 is 1.32 bits per heavy atom. The highest BCUT2D eigenvalue weighted by atomic mass is 16.5. The van der Waals surface area contributed by atoms with E-state index in [1.807, 2.05) is 6.07 Å². The number of morpholine rings is 1. The van der Waals surface area contributed by atoms with E-state index in [9.17, 15) is 4.79 Å². The molecule has 2 aliphatic rings. The first kappa shape index (κ1) is 17.5. The molecular formula is C18H23N5O2. The summed E-state index contributed by atoms with van der Waals surface area (Å²) in [4.78, 5) is 18.8. The number of carbonyl (C=O) groups is 1. The average Bonchev–Trinajstić information content (AvgIpc) is 3.41. The van der Waals surface area contributed by atoms with Crippen molar-refractivity contribution in [3.63, 3.8) is 0 Å². The molecule has 7 nitrogen and oxygen atoms in total. The van der Waals surface area contributed by atoms with Crippen molar-refractivity contribution in [1.82, 2.24) is 15.2 Å². The zero-order valence-corrected chi connectivity index (χ0v) is 14.3. The van der Waals surface area contributed by atoms with Crippen LogP contribution in [0.2, 0.25) is 0 Å². The molecule has 0 atom stereocenters. The summed E-state index contributed by atoms with van der Waals surface area (Å²) in [6.45, 7) is 4.75. The fourth-order valence-electron chi connectivity index (χ4n) is 2.80. The summed E-state index contributed by atoms with van der Waals surface area (Å²) in [5, 5.41) is 11.0. The van der Waals surface area contributed by atoms with E-state index in [4.69, 9.17) is 11.2 Å². The predicted octanol–water partition coefficient (Wildman–Crippen LogP) is 1.61. The summed E-state index contributed by atoms with van der Waals surface area (Å²) in [6, 6.07) is 3.72. The van der Waals surface area contributed by atoms with Gasteiger partial charge in [0.25, 0.3) is 5.91 Å². The summed E-state index contributed by atoms with van der Waals surface area (Å²) in [7, 11) is 0. The Morgan fingerprint density at radius 3 is 2.76 bits per heavy atom. The highest BCUT2D eigenvalue weighted by Gasteiger charge is 2.38. The number of hydrogen-bond donors (Lipinski definition) is 1. The molecule has 0 spiro atoms. The molecule has 1 aromatic heterocycles. The van der Waals surface area contributed by atoms with Gasteiger partial charge in [-0.15, -0.1) is 12.3 Å². The van der Waals surface area contributed by atoms with E-state index in [1.54, 1.807) is 12.3 Å². The molecule has 0 radical (unpaired) electrons. The van der Waals surface area contributed by atoms with Crippen LogP contribution in [0.5, 0.6) is 0 Å². The van der Waals surface area contributed by atoms with Crippen LogP contribution in [0.4, 0.5) is 0 Å². The van der Waals surface area contributed by atoms with Crippen molar-refractivity contribution in [2.45, 2.75) is 31.5 Å². The maximum Gasteiger partial charge on any atom is 0.269 e. The molecule has 1 N–H and O–H groups in total. The second-order valence-electron chi connectivity index (χ2n) is 6.33. The van der Waals surface area contributed by atoms with E-state index in [-0.39, 0.29) is 11.6 Å². The minimum absolute atomic E-state index is 0.175. The van der Waals surface area contributed by atoms with Gasteiger partial charge in [0.15, 0.2) is 5.66 Å². The number of ether oxygens (including phenoxy) is 1. The number of terminal acetylenes is 1. The number of rotatable bonds is 8. The Balaban J connectivity index is 1.42. The monoisotopic (exact) mass is 341 g/mol. The Kier molecular flexibility index (Phi) is 5.74. The number of nitrogens with zero attached hydrogens (tertiary/aromatic N) is 4. The SMILES string of the molecule is C#CCCC1(CCNC(=O)c2ccc(CN3CCOCC3)cn2)N=N1. The minimum Gasteiger partial charge on any atom is -0.379 e. The molecule has 1 aromatic rings. The zero-order valence-electron chi connectivity index (χ0n) is 14.3. The number of nitrogens with one attached hydrogen (secondary N) is 1. The van der Waals surface area contributed by atoms with Crippen molar-refractivity contribution in [3.05, 3.63) is 29.6 Å². The largest absolute Gasteiger partial charge is 0.379 e. The van der Waals surface area contributed by atoms with Crippen molar-refractivity contribution in [2.24, 2.45) is 10.2 Å². The molecule has 3 rings (SSSR count).